The second kappa shape index (κ2) is 16.5. The molecule has 1 atom stereocenters. The Hall–Kier alpha value is -3.36. The number of amides is 1. The Morgan fingerprint density at radius 2 is 1.86 bits per heavy atom. The molecule has 1 aromatic carbocycles. The largest absolute Gasteiger partial charge is 0.489 e. The predicted octanol–water partition coefficient (Wildman–Crippen LogP) is 5.93. The monoisotopic (exact) mass is 650 g/mol. The Bertz CT molecular complexity index is 1380. The zero-order chi connectivity index (χ0) is 32.2. The van der Waals surface area contributed by atoms with Crippen molar-refractivity contribution < 1.29 is 50.1 Å². The molecule has 0 aliphatic rings. The maximum atomic E-state index is 13.1. The van der Waals surface area contributed by atoms with Gasteiger partial charge < -0.3 is 18.9 Å². The van der Waals surface area contributed by atoms with Gasteiger partial charge in [-0.1, -0.05) is 31.4 Å². The van der Waals surface area contributed by atoms with Crippen molar-refractivity contribution in [3.8, 4) is 17.4 Å². The number of nitrogens with zero attached hydrogens (tertiary/aromatic N) is 1. The molecule has 1 unspecified atom stereocenters. The smallest absolute Gasteiger partial charge is 0.417 e. The summed E-state index contributed by atoms with van der Waals surface area (Å²) in [4.78, 5) is 27.5. The number of unbranched alkanes of at least 4 members (excludes halogenated alkanes) is 2. The second-order valence-corrected chi connectivity index (χ2v) is 11.8. The van der Waals surface area contributed by atoms with Crippen molar-refractivity contribution >= 4 is 39.6 Å². The zero-order valence-electron chi connectivity index (χ0n) is 24.1. The van der Waals surface area contributed by atoms with E-state index in [1.807, 2.05) is 25.5 Å². The van der Waals surface area contributed by atoms with Crippen LogP contribution >= 0.6 is 11.6 Å². The van der Waals surface area contributed by atoms with Crippen molar-refractivity contribution in [2.75, 3.05) is 19.0 Å². The fourth-order valence-corrected chi connectivity index (χ4v) is 4.64. The first-order valence-corrected chi connectivity index (χ1v) is 15.3. The molecule has 43 heavy (non-hydrogen) atoms. The molecule has 1 N–H and O–H groups in total. The van der Waals surface area contributed by atoms with E-state index in [1.165, 1.54) is 31.2 Å². The highest BCUT2D eigenvalue weighted by Crippen LogP contribution is 2.36. The first-order valence-electron chi connectivity index (χ1n) is 13.3. The summed E-state index contributed by atoms with van der Waals surface area (Å²) in [5.41, 5.74) is -0.873. The number of rotatable bonds is 16. The fraction of sp³-hybridized carbons (Fsp3) is 0.464. The third kappa shape index (κ3) is 13.2. The Labute approximate surface area is 253 Å². The standard InChI is InChI=1S/C28H34ClF3N2O8S/c1-5-6-7-12-43(37,38)34-26(36)11-9-20-8-10-22(40-17-23(41-19(4)35)16-39-18(2)3)14-25(20)42-27-24(29)13-21(15-33-27)28(30,31)32/h8-11,13-15,18,23H,5-7,12,16-17H2,1-4H3,(H,34,36). The Balaban J connectivity index is 2.34. The molecule has 2 aromatic rings. The minimum atomic E-state index is -4.68. The van der Waals surface area contributed by atoms with Crippen LogP contribution in [0.3, 0.4) is 0 Å². The molecule has 0 saturated carbocycles. The summed E-state index contributed by atoms with van der Waals surface area (Å²) in [6.45, 7) is 6.72. The van der Waals surface area contributed by atoms with Crippen molar-refractivity contribution in [1.29, 1.82) is 0 Å². The Morgan fingerprint density at radius 3 is 2.47 bits per heavy atom. The molecule has 15 heteroatoms. The third-order valence-electron chi connectivity index (χ3n) is 5.40. The lowest BCUT2D eigenvalue weighted by Crippen LogP contribution is -2.31. The number of aromatic nitrogens is 1. The summed E-state index contributed by atoms with van der Waals surface area (Å²) >= 11 is 6.01. The molecule has 0 radical (unpaired) electrons. The fourth-order valence-electron chi connectivity index (χ4n) is 3.38. The number of hydrogen-bond donors (Lipinski definition) is 1. The van der Waals surface area contributed by atoms with Crippen molar-refractivity contribution in [3.05, 3.63) is 52.7 Å². The highest BCUT2D eigenvalue weighted by atomic mass is 35.5. The van der Waals surface area contributed by atoms with Crippen LogP contribution < -0.4 is 14.2 Å². The van der Waals surface area contributed by atoms with E-state index in [0.717, 1.165) is 12.5 Å². The Kier molecular flexibility index (Phi) is 13.7. The average molecular weight is 651 g/mol. The molecule has 1 amide bonds. The molecule has 0 aliphatic heterocycles. The van der Waals surface area contributed by atoms with Gasteiger partial charge in [0.1, 0.15) is 23.1 Å². The molecular weight excluding hydrogens is 617 g/mol. The third-order valence-corrected chi connectivity index (χ3v) is 7.01. The van der Waals surface area contributed by atoms with Crippen LogP contribution in [-0.4, -0.2) is 56.5 Å². The van der Waals surface area contributed by atoms with Crippen LogP contribution in [0.4, 0.5) is 13.2 Å². The molecule has 0 fully saturated rings. The lowest BCUT2D eigenvalue weighted by Gasteiger charge is -2.19. The number of carbonyl (C=O) groups excluding carboxylic acids is 2. The SMILES string of the molecule is CCCCCS(=O)(=O)NC(=O)C=Cc1ccc(OCC(COC(C)C)OC(C)=O)cc1Oc1ncc(C(F)(F)F)cc1Cl. The van der Waals surface area contributed by atoms with Crippen LogP contribution in [0.1, 0.15) is 58.1 Å². The molecule has 0 bridgehead atoms. The number of alkyl halides is 3. The van der Waals surface area contributed by atoms with E-state index in [2.05, 4.69) is 4.98 Å². The lowest BCUT2D eigenvalue weighted by atomic mass is 10.1. The van der Waals surface area contributed by atoms with Crippen LogP contribution in [0, 0.1) is 0 Å². The molecule has 10 nitrogen and oxygen atoms in total. The summed E-state index contributed by atoms with van der Waals surface area (Å²) in [7, 11) is -3.85. The van der Waals surface area contributed by atoms with E-state index >= 15 is 0 Å². The van der Waals surface area contributed by atoms with Crippen molar-refractivity contribution in [2.45, 2.75) is 65.3 Å². The highest BCUT2D eigenvalue weighted by molar-refractivity contribution is 7.90. The molecule has 2 rings (SSSR count). The lowest BCUT2D eigenvalue weighted by molar-refractivity contribution is -0.152. The maximum absolute atomic E-state index is 13.1. The zero-order valence-corrected chi connectivity index (χ0v) is 25.6. The maximum Gasteiger partial charge on any atom is 0.417 e. The van der Waals surface area contributed by atoms with E-state index in [0.29, 0.717) is 25.1 Å². The highest BCUT2D eigenvalue weighted by Gasteiger charge is 2.32. The number of pyridine rings is 1. The molecule has 238 valence electrons. The number of esters is 1. The first-order chi connectivity index (χ1) is 20.1. The molecule has 1 heterocycles. The molecular formula is C28H34ClF3N2O8S. The molecule has 0 spiro atoms. The van der Waals surface area contributed by atoms with Gasteiger partial charge >= 0.3 is 12.1 Å². The summed E-state index contributed by atoms with van der Waals surface area (Å²) in [6, 6.07) is 4.94. The normalized spacial score (nSPS) is 12.8. The summed E-state index contributed by atoms with van der Waals surface area (Å²) in [5.74, 6) is -1.88. The van der Waals surface area contributed by atoms with Crippen LogP contribution in [0.5, 0.6) is 17.4 Å². The number of hydrogen-bond acceptors (Lipinski definition) is 9. The van der Waals surface area contributed by atoms with E-state index in [-0.39, 0.29) is 48.0 Å². The number of sulfonamides is 1. The van der Waals surface area contributed by atoms with Crippen molar-refractivity contribution in [3.63, 3.8) is 0 Å². The Morgan fingerprint density at radius 1 is 1.14 bits per heavy atom. The number of nitrogens with one attached hydrogen (secondary N) is 1. The van der Waals surface area contributed by atoms with Crippen molar-refractivity contribution in [1.82, 2.24) is 9.71 Å². The second-order valence-electron chi connectivity index (χ2n) is 9.56. The average Bonchev–Trinajstić information content (AvgIpc) is 2.89. The van der Waals surface area contributed by atoms with Gasteiger partial charge in [0.25, 0.3) is 5.91 Å². The van der Waals surface area contributed by atoms with Gasteiger partial charge in [-0.05, 0) is 44.5 Å². The van der Waals surface area contributed by atoms with Gasteiger partial charge in [0.2, 0.25) is 15.9 Å². The van der Waals surface area contributed by atoms with Gasteiger partial charge in [0.15, 0.2) is 6.10 Å². The number of benzene rings is 1. The summed E-state index contributed by atoms with van der Waals surface area (Å²) < 4.78 is 87.6. The first kappa shape index (κ1) is 35.8. The molecule has 0 saturated heterocycles. The minimum Gasteiger partial charge on any atom is -0.489 e. The summed E-state index contributed by atoms with van der Waals surface area (Å²) in [5, 5.41) is -0.437. The van der Waals surface area contributed by atoms with Crippen LogP contribution in [0.15, 0.2) is 36.5 Å². The minimum absolute atomic E-state index is 0.0380. The molecule has 1 aromatic heterocycles. The topological polar surface area (TPSA) is 130 Å². The number of ether oxygens (including phenoxy) is 4. The van der Waals surface area contributed by atoms with Gasteiger partial charge in [0, 0.05) is 30.8 Å². The van der Waals surface area contributed by atoms with Gasteiger partial charge in [-0.25, -0.2) is 18.1 Å². The van der Waals surface area contributed by atoms with Gasteiger partial charge in [0.05, 0.1) is 24.0 Å². The van der Waals surface area contributed by atoms with E-state index in [4.69, 9.17) is 30.5 Å². The van der Waals surface area contributed by atoms with Gasteiger partial charge in [-0.2, -0.15) is 13.2 Å². The van der Waals surface area contributed by atoms with E-state index in [1.54, 1.807) is 0 Å². The van der Waals surface area contributed by atoms with Gasteiger partial charge in [-0.3, -0.25) is 9.59 Å². The van der Waals surface area contributed by atoms with E-state index < -0.39 is 44.8 Å². The summed E-state index contributed by atoms with van der Waals surface area (Å²) in [6.07, 6.45) is -0.928. The quantitative estimate of drug-likeness (QED) is 0.133. The van der Waals surface area contributed by atoms with Crippen LogP contribution in [0.25, 0.3) is 6.08 Å². The van der Waals surface area contributed by atoms with Crippen LogP contribution in [-0.2, 0) is 35.3 Å². The predicted molar refractivity (Wildman–Crippen MR) is 153 cm³/mol. The molecule has 0 aliphatic carbocycles. The van der Waals surface area contributed by atoms with E-state index in [9.17, 15) is 31.2 Å². The number of carbonyl (C=O) groups is 2. The van der Waals surface area contributed by atoms with Crippen molar-refractivity contribution in [2.24, 2.45) is 0 Å². The van der Waals surface area contributed by atoms with Crippen LogP contribution in [0.2, 0.25) is 5.02 Å². The number of halogens is 4. The van der Waals surface area contributed by atoms with Gasteiger partial charge in [-0.15, -0.1) is 0 Å².